The number of aryl methyl sites for hydroxylation is 2. The zero-order chi connectivity index (χ0) is 19.1. The first-order valence-electron chi connectivity index (χ1n) is 8.72. The second-order valence-electron chi connectivity index (χ2n) is 6.45. The molecule has 2 aromatic carbocycles. The Morgan fingerprint density at radius 2 is 1.77 bits per heavy atom. The van der Waals surface area contributed by atoms with Crippen molar-refractivity contribution in [3.8, 4) is 5.75 Å². The van der Waals surface area contributed by atoms with Crippen LogP contribution in [-0.4, -0.2) is 29.1 Å². The van der Waals surface area contributed by atoms with Gasteiger partial charge in [-0.25, -0.2) is 4.79 Å². The van der Waals surface area contributed by atoms with Crippen LogP contribution in [0.2, 0.25) is 0 Å². The maximum Gasteiger partial charge on any atom is 0.342 e. The maximum atomic E-state index is 12.2. The van der Waals surface area contributed by atoms with E-state index in [0.29, 0.717) is 5.56 Å². The second-order valence-corrected chi connectivity index (χ2v) is 6.45. The molecule has 1 amide bonds. The van der Waals surface area contributed by atoms with Gasteiger partial charge in [-0.1, -0.05) is 42.5 Å². The van der Waals surface area contributed by atoms with E-state index in [2.05, 4.69) is 5.32 Å². The van der Waals surface area contributed by atoms with Gasteiger partial charge < -0.3 is 15.2 Å². The number of hydrogen-bond donors (Lipinski definition) is 2. The number of hydrogen-bond acceptors (Lipinski definition) is 4. The Morgan fingerprint density at radius 1 is 1.08 bits per heavy atom. The molecule has 2 rings (SSSR count). The maximum absolute atomic E-state index is 12.2. The topological polar surface area (TPSA) is 75.6 Å². The lowest BCUT2D eigenvalue weighted by Crippen LogP contribution is -2.41. The molecule has 2 atom stereocenters. The van der Waals surface area contributed by atoms with Crippen molar-refractivity contribution in [2.75, 3.05) is 0 Å². The molecule has 0 aliphatic carbocycles. The summed E-state index contributed by atoms with van der Waals surface area (Å²) in [4.78, 5) is 24.4. The fourth-order valence-corrected chi connectivity index (χ4v) is 2.56. The minimum absolute atomic E-state index is 0.0452. The molecule has 2 aromatic rings. The summed E-state index contributed by atoms with van der Waals surface area (Å²) in [5.41, 5.74) is 1.84. The van der Waals surface area contributed by atoms with E-state index in [-0.39, 0.29) is 23.3 Å². The lowest BCUT2D eigenvalue weighted by Gasteiger charge is -2.18. The van der Waals surface area contributed by atoms with Crippen molar-refractivity contribution in [1.82, 2.24) is 5.32 Å². The van der Waals surface area contributed by atoms with E-state index in [1.165, 1.54) is 18.6 Å². The molecule has 0 aliphatic rings. The summed E-state index contributed by atoms with van der Waals surface area (Å²) in [5.74, 6) is -1.20. The molecule has 0 unspecified atom stereocenters. The van der Waals surface area contributed by atoms with Crippen molar-refractivity contribution in [3.63, 3.8) is 0 Å². The summed E-state index contributed by atoms with van der Waals surface area (Å²) in [7, 11) is 0. The smallest absolute Gasteiger partial charge is 0.342 e. The highest BCUT2D eigenvalue weighted by Gasteiger charge is 2.22. The molecule has 0 fully saturated rings. The van der Waals surface area contributed by atoms with Gasteiger partial charge in [-0.05, 0) is 50.8 Å². The zero-order valence-corrected chi connectivity index (χ0v) is 15.4. The normalized spacial score (nSPS) is 12.9. The molecular weight excluding hydrogens is 330 g/mol. The third kappa shape index (κ3) is 5.34. The standard InChI is InChI=1S/C21H25NO4/c1-14-8-7-11-18(19(14)23)21(25)26-16(3)20(24)22-15(2)12-13-17-9-5-4-6-10-17/h4-11,15-16,23H,12-13H2,1-3H3,(H,22,24)/t15-,16+/m1/s1. The zero-order valence-electron chi connectivity index (χ0n) is 15.4. The fourth-order valence-electron chi connectivity index (χ4n) is 2.56. The number of amides is 1. The van der Waals surface area contributed by atoms with Gasteiger partial charge in [-0.3, -0.25) is 4.79 Å². The molecular formula is C21H25NO4. The molecule has 0 bridgehead atoms. The average Bonchev–Trinajstić information content (AvgIpc) is 2.63. The second kappa shape index (κ2) is 9.04. The molecule has 5 heteroatoms. The third-order valence-corrected chi connectivity index (χ3v) is 4.21. The van der Waals surface area contributed by atoms with E-state index >= 15 is 0 Å². The number of aromatic hydroxyl groups is 1. The average molecular weight is 355 g/mol. The summed E-state index contributed by atoms with van der Waals surface area (Å²) >= 11 is 0. The van der Waals surface area contributed by atoms with Crippen molar-refractivity contribution < 1.29 is 19.4 Å². The lowest BCUT2D eigenvalue weighted by atomic mass is 10.1. The Bertz CT molecular complexity index is 758. The number of ether oxygens (including phenoxy) is 1. The van der Waals surface area contributed by atoms with Gasteiger partial charge in [0.1, 0.15) is 11.3 Å². The highest BCUT2D eigenvalue weighted by atomic mass is 16.5. The number of esters is 1. The van der Waals surface area contributed by atoms with E-state index in [1.54, 1.807) is 19.1 Å². The van der Waals surface area contributed by atoms with Crippen LogP contribution in [0.3, 0.4) is 0 Å². The van der Waals surface area contributed by atoms with Crippen LogP contribution in [0.4, 0.5) is 0 Å². The van der Waals surface area contributed by atoms with Crippen LogP contribution < -0.4 is 5.32 Å². The highest BCUT2D eigenvalue weighted by molar-refractivity contribution is 5.94. The van der Waals surface area contributed by atoms with Crippen LogP contribution >= 0.6 is 0 Å². The number of carbonyl (C=O) groups is 2. The molecule has 26 heavy (non-hydrogen) atoms. The Morgan fingerprint density at radius 3 is 2.46 bits per heavy atom. The van der Waals surface area contributed by atoms with Gasteiger partial charge in [-0.15, -0.1) is 0 Å². The molecule has 5 nitrogen and oxygen atoms in total. The monoisotopic (exact) mass is 355 g/mol. The summed E-state index contributed by atoms with van der Waals surface area (Å²) in [6.07, 6.45) is 0.699. The van der Waals surface area contributed by atoms with Crippen molar-refractivity contribution in [1.29, 1.82) is 0 Å². The van der Waals surface area contributed by atoms with Gasteiger partial charge in [0.05, 0.1) is 0 Å². The summed E-state index contributed by atoms with van der Waals surface area (Å²) in [5, 5.41) is 12.8. The number of benzene rings is 2. The van der Waals surface area contributed by atoms with Crippen molar-refractivity contribution >= 4 is 11.9 Å². The molecule has 0 heterocycles. The Kier molecular flexibility index (Phi) is 6.78. The molecule has 0 aromatic heterocycles. The van der Waals surface area contributed by atoms with Crippen molar-refractivity contribution in [2.24, 2.45) is 0 Å². The number of rotatable bonds is 7. The van der Waals surface area contributed by atoms with Crippen LogP contribution in [0.1, 0.15) is 41.8 Å². The number of nitrogens with one attached hydrogen (secondary N) is 1. The number of carbonyl (C=O) groups excluding carboxylic acids is 2. The third-order valence-electron chi connectivity index (χ3n) is 4.21. The van der Waals surface area contributed by atoms with E-state index in [1.807, 2.05) is 37.3 Å². The minimum atomic E-state index is -0.943. The molecule has 0 aliphatic heterocycles. The van der Waals surface area contributed by atoms with E-state index in [9.17, 15) is 14.7 Å². The predicted molar refractivity (Wildman–Crippen MR) is 100 cm³/mol. The highest BCUT2D eigenvalue weighted by Crippen LogP contribution is 2.22. The summed E-state index contributed by atoms with van der Waals surface area (Å²) in [6.45, 7) is 5.13. The van der Waals surface area contributed by atoms with Crippen LogP contribution in [-0.2, 0) is 16.0 Å². The van der Waals surface area contributed by atoms with Gasteiger partial charge in [0.15, 0.2) is 6.10 Å². The van der Waals surface area contributed by atoms with Crippen LogP contribution in [0.5, 0.6) is 5.75 Å². The Labute approximate surface area is 154 Å². The van der Waals surface area contributed by atoms with Gasteiger partial charge >= 0.3 is 5.97 Å². The van der Waals surface area contributed by atoms with E-state index < -0.39 is 12.1 Å². The fraction of sp³-hybridized carbons (Fsp3) is 0.333. The van der Waals surface area contributed by atoms with Crippen LogP contribution in [0.25, 0.3) is 0 Å². The van der Waals surface area contributed by atoms with Crippen LogP contribution in [0, 0.1) is 6.92 Å². The SMILES string of the molecule is Cc1cccc(C(=O)O[C@@H](C)C(=O)N[C@H](C)CCc2ccccc2)c1O. The van der Waals surface area contributed by atoms with Crippen molar-refractivity contribution in [2.45, 2.75) is 45.8 Å². The Balaban J connectivity index is 1.84. The molecule has 0 saturated heterocycles. The summed E-state index contributed by atoms with van der Waals surface area (Å²) in [6, 6.07) is 14.8. The molecule has 0 saturated carbocycles. The molecule has 0 radical (unpaired) electrons. The quantitative estimate of drug-likeness (QED) is 0.747. The van der Waals surface area contributed by atoms with E-state index in [4.69, 9.17) is 4.74 Å². The van der Waals surface area contributed by atoms with Crippen LogP contribution in [0.15, 0.2) is 48.5 Å². The van der Waals surface area contributed by atoms with Gasteiger partial charge in [0.25, 0.3) is 5.91 Å². The number of para-hydroxylation sites is 1. The van der Waals surface area contributed by atoms with E-state index in [0.717, 1.165) is 12.8 Å². The number of phenolic OH excluding ortho intramolecular Hbond substituents is 1. The lowest BCUT2D eigenvalue weighted by molar-refractivity contribution is -0.129. The largest absolute Gasteiger partial charge is 0.507 e. The first-order valence-corrected chi connectivity index (χ1v) is 8.72. The predicted octanol–water partition coefficient (Wildman–Crippen LogP) is 3.38. The van der Waals surface area contributed by atoms with Crippen molar-refractivity contribution in [3.05, 3.63) is 65.2 Å². The first-order chi connectivity index (χ1) is 12.4. The summed E-state index contributed by atoms with van der Waals surface area (Å²) < 4.78 is 5.19. The Hall–Kier alpha value is -2.82. The molecule has 0 spiro atoms. The molecule has 138 valence electrons. The van der Waals surface area contributed by atoms with Gasteiger partial charge in [0, 0.05) is 6.04 Å². The number of phenols is 1. The minimum Gasteiger partial charge on any atom is -0.507 e. The van der Waals surface area contributed by atoms with Gasteiger partial charge in [-0.2, -0.15) is 0 Å². The molecule has 2 N–H and O–H groups in total. The van der Waals surface area contributed by atoms with Gasteiger partial charge in [0.2, 0.25) is 0 Å². The first kappa shape index (κ1) is 19.5.